The van der Waals surface area contributed by atoms with Gasteiger partial charge in [0.05, 0.1) is 15.6 Å². The number of hydrogen-bond acceptors (Lipinski definition) is 4. The number of nitro groups is 1. The molecule has 1 atom stereocenters. The van der Waals surface area contributed by atoms with Crippen molar-refractivity contribution in [3.05, 3.63) is 33.3 Å². The Hall–Kier alpha value is -1.33. The van der Waals surface area contributed by atoms with E-state index in [0.717, 1.165) is 25.3 Å². The molecule has 6 heteroatoms. The van der Waals surface area contributed by atoms with Crippen LogP contribution in [0.2, 0.25) is 5.02 Å². The first kappa shape index (κ1) is 15.7. The van der Waals surface area contributed by atoms with Crippen molar-refractivity contribution in [3.63, 3.8) is 0 Å². The van der Waals surface area contributed by atoms with Gasteiger partial charge in [-0.05, 0) is 26.1 Å². The molecule has 1 N–H and O–H groups in total. The van der Waals surface area contributed by atoms with E-state index in [9.17, 15) is 10.1 Å². The van der Waals surface area contributed by atoms with Gasteiger partial charge in [-0.2, -0.15) is 0 Å². The van der Waals surface area contributed by atoms with E-state index in [1.807, 2.05) is 0 Å². The highest BCUT2D eigenvalue weighted by Crippen LogP contribution is 2.27. The number of likely N-dealkylation sites (N-methyl/N-ethyl adjacent to an activating group) is 1. The molecule has 1 aromatic carbocycles. The van der Waals surface area contributed by atoms with Gasteiger partial charge < -0.3 is 10.2 Å². The van der Waals surface area contributed by atoms with Crippen molar-refractivity contribution in [3.8, 4) is 0 Å². The molecule has 1 unspecified atom stereocenters. The van der Waals surface area contributed by atoms with Crippen molar-refractivity contribution in [2.24, 2.45) is 0 Å². The number of nitro benzene ring substituents is 1. The van der Waals surface area contributed by atoms with Crippen molar-refractivity contribution >= 4 is 23.0 Å². The second kappa shape index (κ2) is 7.31. The number of hydrogen-bond donors (Lipinski definition) is 1. The van der Waals surface area contributed by atoms with Gasteiger partial charge in [0.25, 0.3) is 5.69 Å². The molecule has 0 radical (unpaired) electrons. The summed E-state index contributed by atoms with van der Waals surface area (Å²) in [7, 11) is 0. The molecule has 0 aliphatic rings. The van der Waals surface area contributed by atoms with E-state index in [-0.39, 0.29) is 11.7 Å². The summed E-state index contributed by atoms with van der Waals surface area (Å²) in [6.07, 6.45) is 0. The second-order valence-corrected chi connectivity index (χ2v) is 4.86. The molecule has 19 heavy (non-hydrogen) atoms. The van der Waals surface area contributed by atoms with Crippen LogP contribution in [0.5, 0.6) is 0 Å². The molecular weight excluding hydrogens is 266 g/mol. The summed E-state index contributed by atoms with van der Waals surface area (Å²) in [4.78, 5) is 12.5. The van der Waals surface area contributed by atoms with E-state index in [4.69, 9.17) is 11.6 Å². The van der Waals surface area contributed by atoms with Crippen LogP contribution in [-0.2, 0) is 0 Å². The Morgan fingerprint density at radius 1 is 1.42 bits per heavy atom. The highest BCUT2D eigenvalue weighted by Gasteiger charge is 2.12. The summed E-state index contributed by atoms with van der Waals surface area (Å²) in [6.45, 7) is 9.20. The maximum atomic E-state index is 10.6. The first-order valence-electron chi connectivity index (χ1n) is 6.40. The summed E-state index contributed by atoms with van der Waals surface area (Å²) >= 11 is 6.04. The quantitative estimate of drug-likeness (QED) is 0.616. The van der Waals surface area contributed by atoms with E-state index in [2.05, 4.69) is 31.0 Å². The molecule has 0 aliphatic heterocycles. The van der Waals surface area contributed by atoms with Gasteiger partial charge in [0.1, 0.15) is 0 Å². The van der Waals surface area contributed by atoms with Gasteiger partial charge >= 0.3 is 0 Å². The van der Waals surface area contributed by atoms with Crippen LogP contribution in [0.1, 0.15) is 20.8 Å². The molecule has 0 spiro atoms. The predicted molar refractivity (Wildman–Crippen MR) is 79.0 cm³/mol. The molecule has 106 valence electrons. The SMILES string of the molecule is CCN(CC)CC(C)Nc1ccc([N+](=O)[O-])cc1Cl. The largest absolute Gasteiger partial charge is 0.380 e. The number of anilines is 1. The van der Waals surface area contributed by atoms with Crippen LogP contribution < -0.4 is 5.32 Å². The zero-order chi connectivity index (χ0) is 14.4. The Labute approximate surface area is 118 Å². The normalized spacial score (nSPS) is 12.5. The van der Waals surface area contributed by atoms with Crippen LogP contribution in [0.25, 0.3) is 0 Å². The molecule has 0 saturated carbocycles. The first-order valence-corrected chi connectivity index (χ1v) is 6.78. The third-order valence-electron chi connectivity index (χ3n) is 2.99. The molecule has 0 aliphatic carbocycles. The Morgan fingerprint density at radius 2 is 2.05 bits per heavy atom. The third-order valence-corrected chi connectivity index (χ3v) is 3.30. The van der Waals surface area contributed by atoms with Gasteiger partial charge in [-0.1, -0.05) is 25.4 Å². The Balaban J connectivity index is 2.69. The van der Waals surface area contributed by atoms with Crippen molar-refractivity contribution in [2.75, 3.05) is 25.0 Å². The molecule has 0 aromatic heterocycles. The lowest BCUT2D eigenvalue weighted by molar-refractivity contribution is -0.384. The van der Waals surface area contributed by atoms with Gasteiger partial charge in [0.15, 0.2) is 0 Å². The van der Waals surface area contributed by atoms with Crippen LogP contribution in [0.15, 0.2) is 18.2 Å². The average molecular weight is 286 g/mol. The van der Waals surface area contributed by atoms with Gasteiger partial charge in [-0.25, -0.2) is 0 Å². The van der Waals surface area contributed by atoms with E-state index >= 15 is 0 Å². The van der Waals surface area contributed by atoms with Gasteiger partial charge in [0.2, 0.25) is 0 Å². The van der Waals surface area contributed by atoms with Crippen LogP contribution in [0, 0.1) is 10.1 Å². The van der Waals surface area contributed by atoms with Crippen LogP contribution in [-0.4, -0.2) is 35.5 Å². The predicted octanol–water partition coefficient (Wildman–Crippen LogP) is 3.39. The minimum Gasteiger partial charge on any atom is -0.380 e. The molecule has 0 saturated heterocycles. The van der Waals surface area contributed by atoms with Crippen molar-refractivity contribution in [1.82, 2.24) is 4.90 Å². The van der Waals surface area contributed by atoms with E-state index in [1.54, 1.807) is 6.07 Å². The molecule has 1 rings (SSSR count). The van der Waals surface area contributed by atoms with Crippen LogP contribution in [0.4, 0.5) is 11.4 Å². The molecule has 5 nitrogen and oxygen atoms in total. The minimum atomic E-state index is -0.449. The zero-order valence-electron chi connectivity index (χ0n) is 11.5. The Kier molecular flexibility index (Phi) is 6.05. The number of benzene rings is 1. The summed E-state index contributed by atoms with van der Waals surface area (Å²) in [6, 6.07) is 4.70. The third kappa shape index (κ3) is 4.69. The summed E-state index contributed by atoms with van der Waals surface area (Å²) in [5, 5.41) is 14.3. The minimum absolute atomic E-state index is 0.00643. The monoisotopic (exact) mass is 285 g/mol. The fourth-order valence-corrected chi connectivity index (χ4v) is 2.14. The average Bonchev–Trinajstić information content (AvgIpc) is 2.38. The fraction of sp³-hybridized carbons (Fsp3) is 0.538. The summed E-state index contributed by atoms with van der Waals surface area (Å²) < 4.78 is 0. The number of nitrogens with one attached hydrogen (secondary N) is 1. The summed E-state index contributed by atoms with van der Waals surface area (Å²) in [5.41, 5.74) is 0.735. The maximum Gasteiger partial charge on any atom is 0.271 e. The number of non-ortho nitro benzene ring substituents is 1. The maximum absolute atomic E-state index is 10.6. The molecule has 0 fully saturated rings. The first-order chi connectivity index (χ1) is 8.97. The highest BCUT2D eigenvalue weighted by atomic mass is 35.5. The number of rotatable bonds is 7. The lowest BCUT2D eigenvalue weighted by Gasteiger charge is -2.24. The highest BCUT2D eigenvalue weighted by molar-refractivity contribution is 6.33. The molecular formula is C13H20ClN3O2. The van der Waals surface area contributed by atoms with Gasteiger partial charge in [0, 0.05) is 24.7 Å². The second-order valence-electron chi connectivity index (χ2n) is 4.45. The smallest absolute Gasteiger partial charge is 0.271 e. The van der Waals surface area contributed by atoms with Gasteiger partial charge in [-0.3, -0.25) is 10.1 Å². The van der Waals surface area contributed by atoms with Crippen molar-refractivity contribution < 1.29 is 4.92 Å². The standard InChI is InChI=1S/C13H20ClN3O2/c1-4-16(5-2)9-10(3)15-13-7-6-11(17(18)19)8-12(13)14/h6-8,10,15H,4-5,9H2,1-3H3. The molecule has 0 heterocycles. The summed E-state index contributed by atoms with van der Waals surface area (Å²) in [5.74, 6) is 0. The molecule has 1 aromatic rings. The van der Waals surface area contributed by atoms with E-state index in [0.29, 0.717) is 5.02 Å². The lowest BCUT2D eigenvalue weighted by atomic mass is 10.2. The van der Waals surface area contributed by atoms with E-state index in [1.165, 1.54) is 12.1 Å². The van der Waals surface area contributed by atoms with Crippen molar-refractivity contribution in [2.45, 2.75) is 26.8 Å². The fourth-order valence-electron chi connectivity index (χ4n) is 1.91. The number of halogens is 1. The van der Waals surface area contributed by atoms with Gasteiger partial charge in [-0.15, -0.1) is 0 Å². The number of nitrogens with zero attached hydrogens (tertiary/aromatic N) is 2. The topological polar surface area (TPSA) is 58.4 Å². The van der Waals surface area contributed by atoms with E-state index < -0.39 is 4.92 Å². The Bertz CT molecular complexity index is 436. The zero-order valence-corrected chi connectivity index (χ0v) is 12.3. The molecule has 0 amide bonds. The molecule has 0 bridgehead atoms. The lowest BCUT2D eigenvalue weighted by Crippen LogP contribution is -2.34. The van der Waals surface area contributed by atoms with Crippen LogP contribution >= 0.6 is 11.6 Å². The Morgan fingerprint density at radius 3 is 2.53 bits per heavy atom. The van der Waals surface area contributed by atoms with Crippen molar-refractivity contribution in [1.29, 1.82) is 0 Å². The van der Waals surface area contributed by atoms with Crippen LogP contribution in [0.3, 0.4) is 0 Å².